The van der Waals surface area contributed by atoms with Crippen molar-refractivity contribution in [3.05, 3.63) is 54.7 Å². The third-order valence-corrected chi connectivity index (χ3v) is 4.16. The summed E-state index contributed by atoms with van der Waals surface area (Å²) < 4.78 is 11.3. The second kappa shape index (κ2) is 6.86. The van der Waals surface area contributed by atoms with Gasteiger partial charge in [0, 0.05) is 23.5 Å². The fourth-order valence-electron chi connectivity index (χ4n) is 2.93. The van der Waals surface area contributed by atoms with Gasteiger partial charge in [0.25, 0.3) is 0 Å². The molecule has 0 aliphatic carbocycles. The summed E-state index contributed by atoms with van der Waals surface area (Å²) in [4.78, 5) is 15.6. The molecule has 3 aromatic rings. The van der Waals surface area contributed by atoms with Gasteiger partial charge in [-0.3, -0.25) is 0 Å². The second-order valence-electron chi connectivity index (χ2n) is 5.92. The van der Waals surface area contributed by atoms with E-state index in [9.17, 15) is 4.79 Å². The number of anilines is 2. The molecular formula is C19H19N3O3. The molecule has 0 radical (unpaired) electrons. The predicted octanol–water partition coefficient (Wildman–Crippen LogP) is 3.98. The summed E-state index contributed by atoms with van der Waals surface area (Å²) in [6.45, 7) is 1.29. The van der Waals surface area contributed by atoms with Crippen molar-refractivity contribution < 1.29 is 14.3 Å². The van der Waals surface area contributed by atoms with Crippen molar-refractivity contribution in [3.8, 4) is 5.75 Å². The van der Waals surface area contributed by atoms with Crippen molar-refractivity contribution >= 4 is 28.3 Å². The van der Waals surface area contributed by atoms with Gasteiger partial charge in [0.05, 0.1) is 24.6 Å². The van der Waals surface area contributed by atoms with Crippen LogP contribution in [-0.4, -0.2) is 30.3 Å². The Morgan fingerprint density at radius 2 is 1.92 bits per heavy atom. The molecule has 0 bridgehead atoms. The van der Waals surface area contributed by atoms with E-state index in [1.165, 1.54) is 0 Å². The number of hydrogen-bond acceptors (Lipinski definition) is 3. The van der Waals surface area contributed by atoms with Crippen molar-refractivity contribution in [2.45, 2.75) is 12.5 Å². The number of para-hydroxylation sites is 2. The first-order valence-corrected chi connectivity index (χ1v) is 8.27. The fourth-order valence-corrected chi connectivity index (χ4v) is 2.93. The van der Waals surface area contributed by atoms with E-state index in [1.807, 2.05) is 54.7 Å². The Labute approximate surface area is 145 Å². The Bertz CT molecular complexity index is 884. The van der Waals surface area contributed by atoms with Crippen LogP contribution in [-0.2, 0) is 4.74 Å². The summed E-state index contributed by atoms with van der Waals surface area (Å²) in [5, 5.41) is 6.72. The van der Waals surface area contributed by atoms with Crippen molar-refractivity contribution in [1.29, 1.82) is 0 Å². The Balaban J connectivity index is 1.48. The Morgan fingerprint density at radius 1 is 1.08 bits per heavy atom. The number of fused-ring (bicyclic) bond motifs is 1. The zero-order valence-electron chi connectivity index (χ0n) is 13.6. The van der Waals surface area contributed by atoms with Crippen LogP contribution in [0.15, 0.2) is 54.7 Å². The van der Waals surface area contributed by atoms with Crippen molar-refractivity contribution in [2.75, 3.05) is 23.8 Å². The molecule has 1 fully saturated rings. The number of aromatic amines is 1. The van der Waals surface area contributed by atoms with E-state index in [2.05, 4.69) is 15.6 Å². The zero-order chi connectivity index (χ0) is 17.1. The average molecular weight is 337 g/mol. The third kappa shape index (κ3) is 3.44. The van der Waals surface area contributed by atoms with Gasteiger partial charge in [-0.25, -0.2) is 4.79 Å². The molecule has 3 N–H and O–H groups in total. The van der Waals surface area contributed by atoms with Gasteiger partial charge in [-0.05, 0) is 30.3 Å². The van der Waals surface area contributed by atoms with Crippen LogP contribution in [0.3, 0.4) is 0 Å². The molecule has 1 aliphatic rings. The van der Waals surface area contributed by atoms with Gasteiger partial charge >= 0.3 is 6.03 Å². The monoisotopic (exact) mass is 337 g/mol. The highest BCUT2D eigenvalue weighted by molar-refractivity contribution is 6.06. The molecule has 1 atom stereocenters. The molecule has 1 aliphatic heterocycles. The van der Waals surface area contributed by atoms with Crippen LogP contribution in [0.4, 0.5) is 16.2 Å². The summed E-state index contributed by atoms with van der Waals surface area (Å²) in [7, 11) is 0. The van der Waals surface area contributed by atoms with E-state index in [1.54, 1.807) is 0 Å². The maximum Gasteiger partial charge on any atom is 0.323 e. The minimum atomic E-state index is -0.313. The Kier molecular flexibility index (Phi) is 4.26. The van der Waals surface area contributed by atoms with Crippen LogP contribution in [0.1, 0.15) is 6.42 Å². The molecule has 1 unspecified atom stereocenters. The highest BCUT2D eigenvalue weighted by atomic mass is 16.5. The summed E-state index contributed by atoms with van der Waals surface area (Å²) in [5.74, 6) is 0.646. The smallest absolute Gasteiger partial charge is 0.323 e. The number of urea groups is 1. The number of nitrogens with one attached hydrogen (secondary N) is 3. The summed E-state index contributed by atoms with van der Waals surface area (Å²) in [6, 6.07) is 14.8. The highest BCUT2D eigenvalue weighted by Gasteiger charge is 2.19. The molecule has 0 saturated carbocycles. The standard InChI is InChI=1S/C19H19N3O3/c23-19(21-16-6-3-5-15-14(16)8-10-20-15)22-17-4-1-2-7-18(17)25-13-9-11-24-12-13/h1-8,10,13,20H,9,11-12H2,(H2,21,22,23). The lowest BCUT2D eigenvalue weighted by Gasteiger charge is -2.16. The number of carbonyl (C=O) groups is 1. The van der Waals surface area contributed by atoms with Crippen molar-refractivity contribution in [3.63, 3.8) is 0 Å². The first-order valence-electron chi connectivity index (χ1n) is 8.27. The topological polar surface area (TPSA) is 75.4 Å². The van der Waals surface area contributed by atoms with Crippen LogP contribution in [0.2, 0.25) is 0 Å². The number of amides is 2. The van der Waals surface area contributed by atoms with Crippen molar-refractivity contribution in [1.82, 2.24) is 4.98 Å². The molecule has 0 spiro atoms. The van der Waals surface area contributed by atoms with Crippen LogP contribution in [0, 0.1) is 0 Å². The average Bonchev–Trinajstić information content (AvgIpc) is 3.28. The summed E-state index contributed by atoms with van der Waals surface area (Å²) >= 11 is 0. The van der Waals surface area contributed by atoms with Crippen molar-refractivity contribution in [2.24, 2.45) is 0 Å². The summed E-state index contributed by atoms with van der Waals surface area (Å²) in [6.07, 6.45) is 2.73. The molecule has 2 amide bonds. The molecule has 2 heterocycles. The fraction of sp³-hybridized carbons (Fsp3) is 0.211. The number of rotatable bonds is 4. The zero-order valence-corrected chi connectivity index (χ0v) is 13.6. The SMILES string of the molecule is O=C(Nc1ccccc1OC1CCOC1)Nc1cccc2[nH]ccc12. The lowest BCUT2D eigenvalue weighted by atomic mass is 10.2. The molecule has 6 nitrogen and oxygen atoms in total. The van der Waals surface area contributed by atoms with E-state index in [0.717, 1.165) is 23.0 Å². The van der Waals surface area contributed by atoms with Gasteiger partial charge in [-0.1, -0.05) is 18.2 Å². The molecule has 25 heavy (non-hydrogen) atoms. The summed E-state index contributed by atoms with van der Waals surface area (Å²) in [5.41, 5.74) is 2.36. The molecule has 6 heteroatoms. The number of benzene rings is 2. The van der Waals surface area contributed by atoms with Crippen LogP contribution >= 0.6 is 0 Å². The van der Waals surface area contributed by atoms with Crippen LogP contribution in [0.5, 0.6) is 5.75 Å². The third-order valence-electron chi connectivity index (χ3n) is 4.16. The first-order chi connectivity index (χ1) is 12.3. The lowest BCUT2D eigenvalue weighted by molar-refractivity contribution is 0.142. The van der Waals surface area contributed by atoms with Gasteiger partial charge < -0.3 is 25.1 Å². The van der Waals surface area contributed by atoms with Crippen LogP contribution in [0.25, 0.3) is 10.9 Å². The van der Waals surface area contributed by atoms with Gasteiger partial charge in [0.15, 0.2) is 0 Å². The lowest BCUT2D eigenvalue weighted by Crippen LogP contribution is -2.21. The van der Waals surface area contributed by atoms with Gasteiger partial charge in [-0.15, -0.1) is 0 Å². The number of aromatic nitrogens is 1. The Morgan fingerprint density at radius 3 is 2.80 bits per heavy atom. The highest BCUT2D eigenvalue weighted by Crippen LogP contribution is 2.27. The van der Waals surface area contributed by atoms with E-state index in [0.29, 0.717) is 24.7 Å². The normalized spacial score (nSPS) is 16.7. The molecule has 2 aromatic carbocycles. The number of ether oxygens (including phenoxy) is 2. The molecule has 128 valence electrons. The number of H-pyrrole nitrogens is 1. The maximum atomic E-state index is 12.4. The van der Waals surface area contributed by atoms with Gasteiger partial charge in [0.1, 0.15) is 11.9 Å². The number of hydrogen-bond donors (Lipinski definition) is 3. The van der Waals surface area contributed by atoms with Gasteiger partial charge in [0.2, 0.25) is 0 Å². The predicted molar refractivity (Wildman–Crippen MR) is 97.2 cm³/mol. The minimum Gasteiger partial charge on any atom is -0.486 e. The number of carbonyl (C=O) groups excluding carboxylic acids is 1. The molecule has 1 saturated heterocycles. The largest absolute Gasteiger partial charge is 0.486 e. The first kappa shape index (κ1) is 15.5. The van der Waals surface area contributed by atoms with E-state index in [-0.39, 0.29) is 12.1 Å². The van der Waals surface area contributed by atoms with Gasteiger partial charge in [-0.2, -0.15) is 0 Å². The second-order valence-corrected chi connectivity index (χ2v) is 5.92. The van der Waals surface area contributed by atoms with E-state index >= 15 is 0 Å². The molecule has 1 aromatic heterocycles. The van der Waals surface area contributed by atoms with Crippen LogP contribution < -0.4 is 15.4 Å². The Hall–Kier alpha value is -2.99. The minimum absolute atomic E-state index is 0.0274. The molecule has 4 rings (SSSR count). The quantitative estimate of drug-likeness (QED) is 0.674. The maximum absolute atomic E-state index is 12.4. The van der Waals surface area contributed by atoms with E-state index in [4.69, 9.17) is 9.47 Å². The van der Waals surface area contributed by atoms with E-state index < -0.39 is 0 Å². The molecular weight excluding hydrogens is 318 g/mol.